The first-order chi connectivity index (χ1) is 12.9. The number of carbonyl (C=O) groups is 2. The highest BCUT2D eigenvalue weighted by Gasteiger charge is 2.24. The number of amides is 2. The number of aryl methyl sites for hydroxylation is 1. The second kappa shape index (κ2) is 10.3. The second-order valence-corrected chi connectivity index (χ2v) is 8.28. The summed E-state index contributed by atoms with van der Waals surface area (Å²) in [5.41, 5.74) is 1.10. The summed E-state index contributed by atoms with van der Waals surface area (Å²) in [4.78, 5) is 30.2. The van der Waals surface area contributed by atoms with Gasteiger partial charge in [0.2, 0.25) is 5.91 Å². The number of nitrogens with zero attached hydrogens (tertiary/aromatic N) is 3. The molecule has 0 saturated carbocycles. The number of thiophene rings is 1. The number of aromatic nitrogens is 1. The molecule has 0 spiro atoms. The molecule has 0 saturated heterocycles. The fraction of sp³-hybridized carbons (Fsp3) is 0.524. The van der Waals surface area contributed by atoms with Crippen LogP contribution in [-0.4, -0.2) is 45.8 Å². The van der Waals surface area contributed by atoms with Crippen LogP contribution in [0.1, 0.15) is 49.0 Å². The SMILES string of the molecule is CCCCN(Cc1cccn1C)C(=O)CN(CC(C)C)C(=O)c1cccs1. The van der Waals surface area contributed by atoms with Crippen LogP contribution in [-0.2, 0) is 18.4 Å². The van der Waals surface area contributed by atoms with Gasteiger partial charge < -0.3 is 14.4 Å². The molecule has 0 unspecified atom stereocenters. The summed E-state index contributed by atoms with van der Waals surface area (Å²) in [7, 11) is 1.99. The third-order valence-electron chi connectivity index (χ3n) is 4.47. The first-order valence-electron chi connectivity index (χ1n) is 9.63. The third-order valence-corrected chi connectivity index (χ3v) is 5.33. The number of carbonyl (C=O) groups excluding carboxylic acids is 2. The van der Waals surface area contributed by atoms with Gasteiger partial charge in [0, 0.05) is 32.0 Å². The quantitative estimate of drug-likeness (QED) is 0.616. The molecule has 0 aliphatic rings. The fourth-order valence-electron chi connectivity index (χ4n) is 2.98. The maximum Gasteiger partial charge on any atom is 0.264 e. The summed E-state index contributed by atoms with van der Waals surface area (Å²) in [6.45, 7) is 8.25. The van der Waals surface area contributed by atoms with Gasteiger partial charge in [-0.1, -0.05) is 33.3 Å². The zero-order chi connectivity index (χ0) is 19.8. The first-order valence-corrected chi connectivity index (χ1v) is 10.5. The molecule has 0 bridgehead atoms. The number of unbranched alkanes of at least 4 members (excludes halogenated alkanes) is 1. The Morgan fingerprint density at radius 1 is 1.19 bits per heavy atom. The molecule has 0 aromatic carbocycles. The molecular weight excluding hydrogens is 358 g/mol. The van der Waals surface area contributed by atoms with E-state index < -0.39 is 0 Å². The van der Waals surface area contributed by atoms with E-state index in [-0.39, 0.29) is 18.4 Å². The Morgan fingerprint density at radius 3 is 2.52 bits per heavy atom. The molecule has 27 heavy (non-hydrogen) atoms. The molecule has 148 valence electrons. The van der Waals surface area contributed by atoms with Gasteiger partial charge in [-0.3, -0.25) is 9.59 Å². The molecule has 2 heterocycles. The van der Waals surface area contributed by atoms with Gasteiger partial charge in [0.25, 0.3) is 5.91 Å². The van der Waals surface area contributed by atoms with E-state index in [1.807, 2.05) is 52.4 Å². The van der Waals surface area contributed by atoms with Gasteiger partial charge in [-0.05, 0) is 35.9 Å². The van der Waals surface area contributed by atoms with Crippen LogP contribution in [0.2, 0.25) is 0 Å². The number of hydrogen-bond donors (Lipinski definition) is 0. The lowest BCUT2D eigenvalue weighted by Crippen LogP contribution is -2.44. The molecular formula is C21H31N3O2S. The minimum Gasteiger partial charge on any atom is -0.353 e. The molecule has 0 atom stereocenters. The van der Waals surface area contributed by atoms with Gasteiger partial charge >= 0.3 is 0 Å². The summed E-state index contributed by atoms with van der Waals surface area (Å²) >= 11 is 1.42. The Labute approximate surface area is 166 Å². The fourth-order valence-corrected chi connectivity index (χ4v) is 3.67. The van der Waals surface area contributed by atoms with Crippen molar-refractivity contribution in [3.63, 3.8) is 0 Å². The van der Waals surface area contributed by atoms with E-state index in [0.717, 1.165) is 18.5 Å². The highest BCUT2D eigenvalue weighted by molar-refractivity contribution is 7.12. The molecule has 6 heteroatoms. The molecule has 0 fully saturated rings. The van der Waals surface area contributed by atoms with E-state index in [4.69, 9.17) is 0 Å². The van der Waals surface area contributed by atoms with Gasteiger partial charge in [0.05, 0.1) is 11.4 Å². The standard InChI is InChI=1S/C21H31N3O2S/c1-5-6-12-23(15-18-9-7-11-22(18)4)20(25)16-24(14-17(2)3)21(26)19-10-8-13-27-19/h7-11,13,17H,5-6,12,14-16H2,1-4H3. The second-order valence-electron chi connectivity index (χ2n) is 7.34. The molecule has 0 aliphatic carbocycles. The molecule has 2 aromatic heterocycles. The third kappa shape index (κ3) is 6.24. The maximum atomic E-state index is 13.1. The van der Waals surface area contributed by atoms with Crippen LogP contribution >= 0.6 is 11.3 Å². The van der Waals surface area contributed by atoms with Crippen LogP contribution in [0.5, 0.6) is 0 Å². The predicted octanol–water partition coefficient (Wildman–Crippen LogP) is 4.01. The van der Waals surface area contributed by atoms with E-state index in [9.17, 15) is 9.59 Å². The summed E-state index contributed by atoms with van der Waals surface area (Å²) in [6.07, 6.45) is 3.98. The lowest BCUT2D eigenvalue weighted by atomic mass is 10.2. The Balaban J connectivity index is 2.12. The summed E-state index contributed by atoms with van der Waals surface area (Å²) < 4.78 is 2.04. The molecule has 0 N–H and O–H groups in total. The lowest BCUT2D eigenvalue weighted by molar-refractivity contribution is -0.132. The first kappa shape index (κ1) is 21.2. The minimum atomic E-state index is -0.0543. The van der Waals surface area contributed by atoms with Crippen molar-refractivity contribution in [2.24, 2.45) is 13.0 Å². The summed E-state index contributed by atoms with van der Waals surface area (Å²) in [5.74, 6) is 0.259. The normalized spacial score (nSPS) is 11.0. The van der Waals surface area contributed by atoms with Crippen LogP contribution in [0.15, 0.2) is 35.8 Å². The van der Waals surface area contributed by atoms with E-state index >= 15 is 0 Å². The van der Waals surface area contributed by atoms with E-state index in [1.165, 1.54) is 11.3 Å². The number of rotatable bonds is 10. The van der Waals surface area contributed by atoms with Crippen molar-refractivity contribution in [1.29, 1.82) is 0 Å². The highest BCUT2D eigenvalue weighted by atomic mass is 32.1. The average molecular weight is 390 g/mol. The van der Waals surface area contributed by atoms with Gasteiger partial charge in [-0.2, -0.15) is 0 Å². The van der Waals surface area contributed by atoms with Gasteiger partial charge in [-0.15, -0.1) is 11.3 Å². The zero-order valence-corrected chi connectivity index (χ0v) is 17.7. The van der Waals surface area contributed by atoms with Gasteiger partial charge in [0.15, 0.2) is 0 Å². The van der Waals surface area contributed by atoms with Crippen LogP contribution in [0, 0.1) is 5.92 Å². The van der Waals surface area contributed by atoms with E-state index in [0.29, 0.717) is 30.4 Å². The van der Waals surface area contributed by atoms with Crippen molar-refractivity contribution in [3.05, 3.63) is 46.4 Å². The Bertz CT molecular complexity index is 722. The van der Waals surface area contributed by atoms with Crippen LogP contribution < -0.4 is 0 Å². The maximum absolute atomic E-state index is 13.1. The molecule has 0 radical (unpaired) electrons. The average Bonchev–Trinajstić information content (AvgIpc) is 3.29. The van der Waals surface area contributed by atoms with E-state index in [2.05, 4.69) is 20.8 Å². The zero-order valence-electron chi connectivity index (χ0n) is 16.9. The van der Waals surface area contributed by atoms with Crippen molar-refractivity contribution >= 4 is 23.2 Å². The van der Waals surface area contributed by atoms with Crippen molar-refractivity contribution in [2.45, 2.75) is 40.2 Å². The van der Waals surface area contributed by atoms with Crippen molar-refractivity contribution in [3.8, 4) is 0 Å². The molecule has 2 rings (SSSR count). The van der Waals surface area contributed by atoms with Gasteiger partial charge in [0.1, 0.15) is 6.54 Å². The predicted molar refractivity (Wildman–Crippen MR) is 111 cm³/mol. The molecule has 2 aromatic rings. The highest BCUT2D eigenvalue weighted by Crippen LogP contribution is 2.15. The topological polar surface area (TPSA) is 45.6 Å². The van der Waals surface area contributed by atoms with Crippen LogP contribution in [0.3, 0.4) is 0 Å². The van der Waals surface area contributed by atoms with Crippen molar-refractivity contribution < 1.29 is 9.59 Å². The smallest absolute Gasteiger partial charge is 0.264 e. The van der Waals surface area contributed by atoms with Gasteiger partial charge in [-0.25, -0.2) is 0 Å². The largest absolute Gasteiger partial charge is 0.353 e. The monoisotopic (exact) mass is 389 g/mol. The molecule has 5 nitrogen and oxygen atoms in total. The minimum absolute atomic E-state index is 0.00945. The Morgan fingerprint density at radius 2 is 1.96 bits per heavy atom. The van der Waals surface area contributed by atoms with Crippen molar-refractivity contribution in [2.75, 3.05) is 19.6 Å². The Kier molecular flexibility index (Phi) is 8.10. The van der Waals surface area contributed by atoms with Crippen LogP contribution in [0.4, 0.5) is 0 Å². The summed E-state index contributed by atoms with van der Waals surface area (Å²) in [6, 6.07) is 7.72. The lowest BCUT2D eigenvalue weighted by Gasteiger charge is -2.28. The Hall–Kier alpha value is -2.08. The van der Waals surface area contributed by atoms with Crippen molar-refractivity contribution in [1.82, 2.24) is 14.4 Å². The number of hydrogen-bond acceptors (Lipinski definition) is 3. The van der Waals surface area contributed by atoms with Crippen LogP contribution in [0.25, 0.3) is 0 Å². The molecule has 0 aliphatic heterocycles. The summed E-state index contributed by atoms with van der Waals surface area (Å²) in [5, 5.41) is 1.89. The molecule has 2 amide bonds. The van der Waals surface area contributed by atoms with E-state index in [1.54, 1.807) is 4.90 Å².